The van der Waals surface area contributed by atoms with Crippen molar-refractivity contribution in [3.8, 4) is 11.8 Å². The molecule has 80 valence electrons. The lowest BCUT2D eigenvalue weighted by Gasteiger charge is -2.09. The fraction of sp³-hybridized carbons (Fsp3) is 0.364. The van der Waals surface area contributed by atoms with E-state index in [0.717, 1.165) is 11.3 Å². The minimum absolute atomic E-state index is 0.178. The Morgan fingerprint density at radius 1 is 1.60 bits per heavy atom. The number of hydrogen-bond acceptors (Lipinski definition) is 3. The zero-order chi connectivity index (χ0) is 11.3. The number of nitrogens with zero attached hydrogens (tertiary/aromatic N) is 1. The Morgan fingerprint density at radius 2 is 2.33 bits per heavy atom. The third-order valence-electron chi connectivity index (χ3n) is 2.05. The van der Waals surface area contributed by atoms with Crippen molar-refractivity contribution in [2.45, 2.75) is 19.5 Å². The van der Waals surface area contributed by atoms with Crippen LogP contribution in [0.3, 0.4) is 0 Å². The maximum atomic E-state index is 8.60. The van der Waals surface area contributed by atoms with Gasteiger partial charge in [-0.3, -0.25) is 5.32 Å². The summed E-state index contributed by atoms with van der Waals surface area (Å²) in [5.41, 5.74) is 0.958. The first kappa shape index (κ1) is 11.8. The molecule has 0 saturated carbocycles. The van der Waals surface area contributed by atoms with Gasteiger partial charge in [0.05, 0.1) is 19.2 Å². The van der Waals surface area contributed by atoms with Crippen LogP contribution in [-0.2, 0) is 6.54 Å². The van der Waals surface area contributed by atoms with Crippen molar-refractivity contribution in [2.24, 2.45) is 0 Å². The minimum Gasteiger partial charge on any atom is -0.497 e. The topological polar surface area (TPSA) is 45.0 Å². The number of methoxy groups -OCH3 is 1. The molecule has 0 spiro atoms. The molecule has 3 nitrogen and oxygen atoms in total. The highest BCUT2D eigenvalue weighted by Gasteiger charge is 2.04. The van der Waals surface area contributed by atoms with Crippen molar-refractivity contribution < 1.29 is 4.74 Å². The molecule has 0 fully saturated rings. The highest BCUT2D eigenvalue weighted by atomic mass is 35.5. The van der Waals surface area contributed by atoms with E-state index < -0.39 is 0 Å². The summed E-state index contributed by atoms with van der Waals surface area (Å²) in [4.78, 5) is 0. The Kier molecular flexibility index (Phi) is 4.41. The molecule has 1 atom stereocenters. The largest absolute Gasteiger partial charge is 0.497 e. The number of nitrogens with one attached hydrogen (secondary N) is 1. The minimum atomic E-state index is -0.178. The molecule has 0 saturated heterocycles. The van der Waals surface area contributed by atoms with Gasteiger partial charge in [-0.05, 0) is 24.6 Å². The van der Waals surface area contributed by atoms with E-state index >= 15 is 0 Å². The van der Waals surface area contributed by atoms with Crippen LogP contribution >= 0.6 is 11.6 Å². The summed E-state index contributed by atoms with van der Waals surface area (Å²) in [5, 5.41) is 12.3. The number of ether oxygens (including phenoxy) is 1. The van der Waals surface area contributed by atoms with Gasteiger partial charge >= 0.3 is 0 Å². The second-order valence-electron chi connectivity index (χ2n) is 3.19. The summed E-state index contributed by atoms with van der Waals surface area (Å²) in [7, 11) is 1.60. The number of rotatable bonds is 4. The molecule has 1 rings (SSSR count). The van der Waals surface area contributed by atoms with Crippen LogP contribution in [0.4, 0.5) is 0 Å². The average molecular weight is 225 g/mol. The summed E-state index contributed by atoms with van der Waals surface area (Å²) in [6.45, 7) is 2.38. The van der Waals surface area contributed by atoms with E-state index in [1.54, 1.807) is 20.1 Å². The highest BCUT2D eigenvalue weighted by Crippen LogP contribution is 2.22. The van der Waals surface area contributed by atoms with Crippen LogP contribution in [0, 0.1) is 11.3 Å². The SMILES string of the molecule is COc1ccc(CNC(C)C#N)c(Cl)c1. The molecule has 0 aliphatic carbocycles. The third-order valence-corrected chi connectivity index (χ3v) is 2.40. The second kappa shape index (κ2) is 5.59. The molecule has 1 N–H and O–H groups in total. The second-order valence-corrected chi connectivity index (χ2v) is 3.60. The van der Waals surface area contributed by atoms with E-state index in [-0.39, 0.29) is 6.04 Å². The molecule has 0 amide bonds. The van der Waals surface area contributed by atoms with E-state index in [9.17, 15) is 0 Å². The average Bonchev–Trinajstić information content (AvgIpc) is 2.26. The van der Waals surface area contributed by atoms with E-state index in [0.29, 0.717) is 11.6 Å². The molecule has 1 aromatic rings. The lowest BCUT2D eigenvalue weighted by molar-refractivity contribution is 0.414. The van der Waals surface area contributed by atoms with Gasteiger partial charge in [-0.15, -0.1) is 0 Å². The molecular formula is C11H13ClN2O. The Morgan fingerprint density at radius 3 is 2.87 bits per heavy atom. The number of hydrogen-bond donors (Lipinski definition) is 1. The van der Waals surface area contributed by atoms with E-state index in [1.165, 1.54) is 0 Å². The van der Waals surface area contributed by atoms with Crippen molar-refractivity contribution in [3.05, 3.63) is 28.8 Å². The van der Waals surface area contributed by atoms with Gasteiger partial charge in [-0.2, -0.15) is 5.26 Å². The predicted octanol–water partition coefficient (Wildman–Crippen LogP) is 2.35. The molecule has 0 aliphatic heterocycles. The molecule has 1 unspecified atom stereocenters. The van der Waals surface area contributed by atoms with Gasteiger partial charge in [0, 0.05) is 11.6 Å². The molecule has 15 heavy (non-hydrogen) atoms. The molecule has 0 aromatic heterocycles. The number of halogens is 1. The Balaban J connectivity index is 2.67. The van der Waals surface area contributed by atoms with Crippen LogP contribution < -0.4 is 10.1 Å². The zero-order valence-corrected chi connectivity index (χ0v) is 9.51. The van der Waals surface area contributed by atoms with E-state index in [4.69, 9.17) is 21.6 Å². The van der Waals surface area contributed by atoms with Gasteiger partial charge in [0.2, 0.25) is 0 Å². The van der Waals surface area contributed by atoms with Gasteiger partial charge < -0.3 is 4.74 Å². The van der Waals surface area contributed by atoms with Crippen LogP contribution in [-0.4, -0.2) is 13.2 Å². The Labute approximate surface area is 94.6 Å². The Hall–Kier alpha value is -1.24. The van der Waals surface area contributed by atoms with Gasteiger partial charge in [-0.1, -0.05) is 17.7 Å². The molecular weight excluding hydrogens is 212 g/mol. The Bertz CT molecular complexity index is 373. The predicted molar refractivity (Wildman–Crippen MR) is 59.9 cm³/mol. The first-order valence-electron chi connectivity index (χ1n) is 4.62. The summed E-state index contributed by atoms with van der Waals surface area (Å²) >= 11 is 6.03. The lowest BCUT2D eigenvalue weighted by atomic mass is 10.2. The maximum Gasteiger partial charge on any atom is 0.120 e. The molecule has 0 bridgehead atoms. The van der Waals surface area contributed by atoms with Crippen LogP contribution in [0.2, 0.25) is 5.02 Å². The van der Waals surface area contributed by atoms with Gasteiger partial charge in [0.1, 0.15) is 5.75 Å². The summed E-state index contributed by atoms with van der Waals surface area (Å²) in [6, 6.07) is 7.41. The molecule has 0 aliphatic rings. The smallest absolute Gasteiger partial charge is 0.120 e. The monoisotopic (exact) mass is 224 g/mol. The first-order valence-corrected chi connectivity index (χ1v) is 5.00. The summed E-state index contributed by atoms with van der Waals surface area (Å²) < 4.78 is 5.04. The third kappa shape index (κ3) is 3.43. The summed E-state index contributed by atoms with van der Waals surface area (Å²) in [6.07, 6.45) is 0. The first-order chi connectivity index (χ1) is 7.17. The van der Waals surface area contributed by atoms with Crippen LogP contribution in [0.5, 0.6) is 5.75 Å². The maximum absolute atomic E-state index is 8.60. The highest BCUT2D eigenvalue weighted by molar-refractivity contribution is 6.31. The lowest BCUT2D eigenvalue weighted by Crippen LogP contribution is -2.23. The van der Waals surface area contributed by atoms with Crippen molar-refractivity contribution in [1.29, 1.82) is 5.26 Å². The van der Waals surface area contributed by atoms with Crippen molar-refractivity contribution >= 4 is 11.6 Å². The van der Waals surface area contributed by atoms with E-state index in [1.807, 2.05) is 12.1 Å². The number of benzene rings is 1. The van der Waals surface area contributed by atoms with Crippen molar-refractivity contribution in [3.63, 3.8) is 0 Å². The standard InChI is InChI=1S/C11H13ClN2O/c1-8(6-13)14-7-9-3-4-10(15-2)5-11(9)12/h3-5,8,14H,7H2,1-2H3. The van der Waals surface area contributed by atoms with Gasteiger partial charge in [-0.25, -0.2) is 0 Å². The van der Waals surface area contributed by atoms with Crippen molar-refractivity contribution in [1.82, 2.24) is 5.32 Å². The van der Waals surface area contributed by atoms with E-state index in [2.05, 4.69) is 11.4 Å². The van der Waals surface area contributed by atoms with Crippen molar-refractivity contribution in [2.75, 3.05) is 7.11 Å². The molecule has 1 aromatic carbocycles. The van der Waals surface area contributed by atoms with Gasteiger partial charge in [0.15, 0.2) is 0 Å². The number of nitriles is 1. The molecule has 0 heterocycles. The van der Waals surface area contributed by atoms with Crippen LogP contribution in [0.25, 0.3) is 0 Å². The van der Waals surface area contributed by atoms with Gasteiger partial charge in [0.25, 0.3) is 0 Å². The molecule has 4 heteroatoms. The van der Waals surface area contributed by atoms with Crippen LogP contribution in [0.15, 0.2) is 18.2 Å². The zero-order valence-electron chi connectivity index (χ0n) is 8.75. The summed E-state index contributed by atoms with van der Waals surface area (Å²) in [5.74, 6) is 0.733. The fourth-order valence-corrected chi connectivity index (χ4v) is 1.34. The normalized spacial score (nSPS) is 11.9. The fourth-order valence-electron chi connectivity index (χ4n) is 1.11. The quantitative estimate of drug-likeness (QED) is 0.854. The molecule has 0 radical (unpaired) electrons. The van der Waals surface area contributed by atoms with Crippen LogP contribution in [0.1, 0.15) is 12.5 Å².